The number of hydrogen-bond donors (Lipinski definition) is 1. The van der Waals surface area contributed by atoms with Crippen molar-refractivity contribution in [3.8, 4) is 11.5 Å². The first kappa shape index (κ1) is 20.6. The Balaban J connectivity index is 2.07. The molecule has 1 N–H and O–H groups in total. The van der Waals surface area contributed by atoms with Crippen molar-refractivity contribution >= 4 is 37.8 Å². The standard InChI is InChI=1S/C17H13Br2F3O4/c18-13-7-10(4-5-15(23)24)8-14(19)16(13)25-9-11-2-1-3-12(6-11)26-17(20,21)22/h1-3,6-8H,4-5,9H2,(H,23,24). The van der Waals surface area contributed by atoms with Gasteiger partial charge in [0.1, 0.15) is 18.1 Å². The molecule has 0 atom stereocenters. The SMILES string of the molecule is O=C(O)CCc1cc(Br)c(OCc2cccc(OC(F)(F)F)c2)c(Br)c1. The van der Waals surface area contributed by atoms with E-state index in [2.05, 4.69) is 36.6 Å². The number of alkyl halides is 3. The lowest BCUT2D eigenvalue weighted by molar-refractivity contribution is -0.274. The highest BCUT2D eigenvalue weighted by Crippen LogP contribution is 2.36. The Hall–Kier alpha value is -1.74. The van der Waals surface area contributed by atoms with Gasteiger partial charge in [-0.2, -0.15) is 0 Å². The van der Waals surface area contributed by atoms with Crippen molar-refractivity contribution in [2.45, 2.75) is 25.8 Å². The number of carboxylic acids is 1. The van der Waals surface area contributed by atoms with E-state index in [9.17, 15) is 18.0 Å². The molecule has 2 aromatic rings. The quantitative estimate of drug-likeness (QED) is 0.532. The number of aryl methyl sites for hydroxylation is 1. The highest BCUT2D eigenvalue weighted by Gasteiger charge is 2.31. The average molecular weight is 498 g/mol. The molecule has 2 rings (SSSR count). The summed E-state index contributed by atoms with van der Waals surface area (Å²) in [6.45, 7) is 0.0285. The fourth-order valence-electron chi connectivity index (χ4n) is 2.13. The maximum Gasteiger partial charge on any atom is 0.573 e. The van der Waals surface area contributed by atoms with Crippen LogP contribution in [0, 0.1) is 0 Å². The van der Waals surface area contributed by atoms with Crippen LogP contribution < -0.4 is 9.47 Å². The van der Waals surface area contributed by atoms with E-state index in [1.54, 1.807) is 18.2 Å². The van der Waals surface area contributed by atoms with E-state index < -0.39 is 12.3 Å². The summed E-state index contributed by atoms with van der Waals surface area (Å²) in [5.74, 6) is -0.745. The summed E-state index contributed by atoms with van der Waals surface area (Å²) >= 11 is 6.71. The van der Waals surface area contributed by atoms with Crippen LogP contribution in [0.25, 0.3) is 0 Å². The average Bonchev–Trinajstić information content (AvgIpc) is 2.51. The first-order valence-electron chi connectivity index (χ1n) is 7.31. The summed E-state index contributed by atoms with van der Waals surface area (Å²) in [5.41, 5.74) is 1.31. The third kappa shape index (κ3) is 6.53. The first-order chi connectivity index (χ1) is 12.1. The predicted molar refractivity (Wildman–Crippen MR) is 95.3 cm³/mol. The molecular weight excluding hydrogens is 485 g/mol. The molecule has 9 heteroatoms. The van der Waals surface area contributed by atoms with Crippen LogP contribution in [0.1, 0.15) is 17.5 Å². The second-order valence-electron chi connectivity index (χ2n) is 5.27. The second-order valence-corrected chi connectivity index (χ2v) is 6.97. The number of hydrogen-bond acceptors (Lipinski definition) is 3. The third-order valence-corrected chi connectivity index (χ3v) is 4.38. The molecule has 4 nitrogen and oxygen atoms in total. The van der Waals surface area contributed by atoms with Gasteiger partial charge in [-0.05, 0) is 73.7 Å². The van der Waals surface area contributed by atoms with Crippen molar-refractivity contribution in [2.24, 2.45) is 0 Å². The van der Waals surface area contributed by atoms with Crippen molar-refractivity contribution in [1.82, 2.24) is 0 Å². The Morgan fingerprint density at radius 1 is 1.08 bits per heavy atom. The molecule has 0 aliphatic rings. The fraction of sp³-hybridized carbons (Fsp3) is 0.235. The predicted octanol–water partition coefficient (Wildman–Crippen LogP) is 5.71. The molecule has 0 saturated heterocycles. The molecule has 0 saturated carbocycles. The van der Waals surface area contributed by atoms with Gasteiger partial charge >= 0.3 is 12.3 Å². The Morgan fingerprint density at radius 3 is 2.31 bits per heavy atom. The minimum Gasteiger partial charge on any atom is -0.487 e. The molecule has 0 aliphatic carbocycles. The van der Waals surface area contributed by atoms with Crippen molar-refractivity contribution in [1.29, 1.82) is 0 Å². The molecule has 0 bridgehead atoms. The van der Waals surface area contributed by atoms with Crippen LogP contribution in [-0.4, -0.2) is 17.4 Å². The molecule has 0 heterocycles. The third-order valence-electron chi connectivity index (χ3n) is 3.20. The van der Waals surface area contributed by atoms with Crippen LogP contribution in [0.4, 0.5) is 13.2 Å². The van der Waals surface area contributed by atoms with Crippen molar-refractivity contribution in [3.05, 3.63) is 56.5 Å². The minimum atomic E-state index is -4.75. The van der Waals surface area contributed by atoms with Crippen LogP contribution in [0.15, 0.2) is 45.3 Å². The number of halogens is 5. The first-order valence-corrected chi connectivity index (χ1v) is 8.90. The van der Waals surface area contributed by atoms with Crippen LogP contribution in [0.2, 0.25) is 0 Å². The largest absolute Gasteiger partial charge is 0.573 e. The van der Waals surface area contributed by atoms with Gasteiger partial charge in [-0.25, -0.2) is 0 Å². The lowest BCUT2D eigenvalue weighted by Gasteiger charge is -2.13. The smallest absolute Gasteiger partial charge is 0.487 e. The molecule has 140 valence electrons. The Bertz CT molecular complexity index is 771. The highest BCUT2D eigenvalue weighted by atomic mass is 79.9. The molecule has 0 fully saturated rings. The Morgan fingerprint density at radius 2 is 1.73 bits per heavy atom. The van der Waals surface area contributed by atoms with Crippen LogP contribution in [0.3, 0.4) is 0 Å². The van der Waals surface area contributed by atoms with Crippen molar-refractivity contribution in [2.75, 3.05) is 0 Å². The number of carbonyl (C=O) groups is 1. The van der Waals surface area contributed by atoms with E-state index in [0.717, 1.165) is 5.56 Å². The Kier molecular flexibility index (Phi) is 6.94. The van der Waals surface area contributed by atoms with Crippen molar-refractivity contribution < 1.29 is 32.5 Å². The van der Waals surface area contributed by atoms with Crippen LogP contribution in [-0.2, 0) is 17.8 Å². The van der Waals surface area contributed by atoms with Gasteiger partial charge in [0.15, 0.2) is 0 Å². The molecule has 0 radical (unpaired) electrons. The van der Waals surface area contributed by atoms with Gasteiger partial charge in [-0.15, -0.1) is 13.2 Å². The zero-order valence-electron chi connectivity index (χ0n) is 13.1. The molecule has 26 heavy (non-hydrogen) atoms. The fourth-order valence-corrected chi connectivity index (χ4v) is 3.64. The monoisotopic (exact) mass is 496 g/mol. The summed E-state index contributed by atoms with van der Waals surface area (Å²) in [5, 5.41) is 8.74. The van der Waals surface area contributed by atoms with Gasteiger partial charge in [0.25, 0.3) is 0 Å². The lowest BCUT2D eigenvalue weighted by atomic mass is 10.1. The van der Waals surface area contributed by atoms with E-state index in [0.29, 0.717) is 26.7 Å². The van der Waals surface area contributed by atoms with Gasteiger partial charge in [0, 0.05) is 6.42 Å². The van der Waals surface area contributed by atoms with E-state index in [-0.39, 0.29) is 18.8 Å². The number of rotatable bonds is 7. The molecule has 0 unspecified atom stereocenters. The topological polar surface area (TPSA) is 55.8 Å². The highest BCUT2D eigenvalue weighted by molar-refractivity contribution is 9.11. The summed E-state index contributed by atoms with van der Waals surface area (Å²) in [6, 6.07) is 9.00. The minimum absolute atomic E-state index is 0.00504. The zero-order valence-corrected chi connectivity index (χ0v) is 16.3. The van der Waals surface area contributed by atoms with E-state index in [1.165, 1.54) is 18.2 Å². The number of benzene rings is 2. The van der Waals surface area contributed by atoms with E-state index in [4.69, 9.17) is 9.84 Å². The number of aliphatic carboxylic acids is 1. The van der Waals surface area contributed by atoms with Gasteiger partial charge in [0.05, 0.1) is 8.95 Å². The van der Waals surface area contributed by atoms with Crippen LogP contribution >= 0.6 is 31.9 Å². The van der Waals surface area contributed by atoms with Gasteiger partial charge < -0.3 is 14.6 Å². The summed E-state index contributed by atoms with van der Waals surface area (Å²) in [6.07, 6.45) is -4.38. The molecular formula is C17H13Br2F3O4. The second kappa shape index (κ2) is 8.77. The van der Waals surface area contributed by atoms with Gasteiger partial charge in [-0.3, -0.25) is 4.79 Å². The molecule has 2 aromatic carbocycles. The van der Waals surface area contributed by atoms with Crippen LogP contribution in [0.5, 0.6) is 11.5 Å². The maximum atomic E-state index is 12.3. The lowest BCUT2D eigenvalue weighted by Crippen LogP contribution is -2.17. The molecule has 0 aliphatic heterocycles. The van der Waals surface area contributed by atoms with Crippen molar-refractivity contribution in [3.63, 3.8) is 0 Å². The molecule has 0 aromatic heterocycles. The normalized spacial score (nSPS) is 11.3. The molecule has 0 spiro atoms. The Labute approximate surface area is 164 Å². The number of carboxylic acid groups (broad SMARTS) is 1. The number of ether oxygens (including phenoxy) is 2. The summed E-state index contributed by atoms with van der Waals surface area (Å²) in [4.78, 5) is 10.7. The van der Waals surface area contributed by atoms with Gasteiger partial charge in [0.2, 0.25) is 0 Å². The maximum absolute atomic E-state index is 12.3. The zero-order chi connectivity index (χ0) is 19.3. The summed E-state index contributed by atoms with van der Waals surface area (Å²) < 4.78 is 47.6. The van der Waals surface area contributed by atoms with E-state index in [1.807, 2.05) is 0 Å². The molecule has 0 amide bonds. The van der Waals surface area contributed by atoms with Gasteiger partial charge in [-0.1, -0.05) is 12.1 Å². The van der Waals surface area contributed by atoms with E-state index >= 15 is 0 Å². The summed E-state index contributed by atoms with van der Waals surface area (Å²) in [7, 11) is 0.